The lowest BCUT2D eigenvalue weighted by molar-refractivity contribution is 0.445. The Morgan fingerprint density at radius 2 is 2.25 bits per heavy atom. The number of benzene rings is 1. The first kappa shape index (κ1) is 11.6. The van der Waals surface area contributed by atoms with Gasteiger partial charge in [-0.25, -0.2) is 0 Å². The fraction of sp³-hybridized carbons (Fsp3) is 0.571. The Labute approximate surface area is 98.4 Å². The van der Waals surface area contributed by atoms with Crippen LogP contribution in [0.25, 0.3) is 0 Å². The molecule has 0 aliphatic carbocycles. The average molecular weight is 218 g/mol. The van der Waals surface area contributed by atoms with Crippen molar-refractivity contribution < 1.29 is 0 Å². The van der Waals surface area contributed by atoms with Crippen LogP contribution in [0.4, 0.5) is 0 Å². The van der Waals surface area contributed by atoms with Crippen LogP contribution < -0.4 is 10.6 Å². The summed E-state index contributed by atoms with van der Waals surface area (Å²) in [6.45, 7) is 8.73. The van der Waals surface area contributed by atoms with Crippen LogP contribution in [0.15, 0.2) is 18.2 Å². The van der Waals surface area contributed by atoms with Gasteiger partial charge in [0, 0.05) is 18.6 Å². The molecule has 0 saturated heterocycles. The molecule has 1 atom stereocenters. The second kappa shape index (κ2) is 4.98. The van der Waals surface area contributed by atoms with Crippen LogP contribution in [0.1, 0.15) is 36.6 Å². The molecule has 0 fully saturated rings. The van der Waals surface area contributed by atoms with E-state index in [2.05, 4.69) is 49.6 Å². The molecule has 1 aromatic rings. The lowest BCUT2D eigenvalue weighted by atomic mass is 9.90. The second-order valence-corrected chi connectivity index (χ2v) is 4.97. The van der Waals surface area contributed by atoms with Gasteiger partial charge in [-0.15, -0.1) is 0 Å². The van der Waals surface area contributed by atoms with E-state index in [1.807, 2.05) is 0 Å². The van der Waals surface area contributed by atoms with E-state index in [0.717, 1.165) is 19.5 Å². The van der Waals surface area contributed by atoms with Crippen molar-refractivity contribution in [1.29, 1.82) is 0 Å². The van der Waals surface area contributed by atoms with Crippen LogP contribution in [-0.2, 0) is 6.42 Å². The van der Waals surface area contributed by atoms with Crippen molar-refractivity contribution >= 4 is 0 Å². The monoisotopic (exact) mass is 218 g/mol. The Morgan fingerprint density at radius 1 is 1.44 bits per heavy atom. The molecule has 2 nitrogen and oxygen atoms in total. The predicted molar refractivity (Wildman–Crippen MR) is 68.8 cm³/mol. The predicted octanol–water partition coefficient (Wildman–Crippen LogP) is 2.18. The highest BCUT2D eigenvalue weighted by Crippen LogP contribution is 2.25. The fourth-order valence-electron chi connectivity index (χ4n) is 2.47. The zero-order valence-electron chi connectivity index (χ0n) is 10.5. The third-order valence-corrected chi connectivity index (χ3v) is 3.28. The molecule has 2 N–H and O–H groups in total. The minimum absolute atomic E-state index is 0.479. The van der Waals surface area contributed by atoms with Gasteiger partial charge in [-0.3, -0.25) is 0 Å². The molecule has 16 heavy (non-hydrogen) atoms. The molecule has 0 spiro atoms. The molecule has 1 unspecified atom stereocenters. The van der Waals surface area contributed by atoms with Crippen molar-refractivity contribution in [3.63, 3.8) is 0 Å². The summed E-state index contributed by atoms with van der Waals surface area (Å²) in [6.07, 6.45) is 1.16. The zero-order chi connectivity index (χ0) is 11.5. The molecule has 0 aromatic heterocycles. The minimum Gasteiger partial charge on any atom is -0.313 e. The Bertz CT molecular complexity index is 358. The van der Waals surface area contributed by atoms with Gasteiger partial charge in [-0.05, 0) is 36.6 Å². The van der Waals surface area contributed by atoms with E-state index in [1.54, 1.807) is 0 Å². The summed E-state index contributed by atoms with van der Waals surface area (Å²) < 4.78 is 0. The smallest absolute Gasteiger partial charge is 0.0452 e. The summed E-state index contributed by atoms with van der Waals surface area (Å²) in [6, 6.07) is 7.69. The highest BCUT2D eigenvalue weighted by molar-refractivity contribution is 5.39. The van der Waals surface area contributed by atoms with Gasteiger partial charge >= 0.3 is 0 Å². The molecule has 2 rings (SSSR count). The van der Waals surface area contributed by atoms with Gasteiger partial charge < -0.3 is 10.6 Å². The largest absolute Gasteiger partial charge is 0.313 e. The first-order valence-electron chi connectivity index (χ1n) is 6.23. The number of nitrogens with one attached hydrogen (secondary N) is 2. The van der Waals surface area contributed by atoms with Gasteiger partial charge in [0.05, 0.1) is 0 Å². The minimum atomic E-state index is 0.479. The van der Waals surface area contributed by atoms with Gasteiger partial charge in [0.2, 0.25) is 0 Å². The van der Waals surface area contributed by atoms with E-state index in [1.165, 1.54) is 16.7 Å². The van der Waals surface area contributed by atoms with Crippen molar-refractivity contribution in [2.24, 2.45) is 0 Å². The van der Waals surface area contributed by atoms with Gasteiger partial charge in [-0.2, -0.15) is 0 Å². The van der Waals surface area contributed by atoms with E-state index in [4.69, 9.17) is 0 Å². The lowest BCUT2D eigenvalue weighted by Gasteiger charge is -2.29. The van der Waals surface area contributed by atoms with Gasteiger partial charge in [-0.1, -0.05) is 32.0 Å². The molecule has 1 aliphatic rings. The molecule has 1 heterocycles. The number of fused-ring (bicyclic) bond motifs is 1. The topological polar surface area (TPSA) is 24.1 Å². The van der Waals surface area contributed by atoms with Gasteiger partial charge in [0.15, 0.2) is 0 Å². The van der Waals surface area contributed by atoms with Crippen LogP contribution >= 0.6 is 0 Å². The lowest BCUT2D eigenvalue weighted by Crippen LogP contribution is -2.39. The quantitative estimate of drug-likeness (QED) is 0.812. The standard InChI is InChI=1S/C14H22N2/c1-10(2)16-9-13-14-11(3)5-4-6-12(14)7-8-15-13/h4-6,10,13,15-16H,7-9H2,1-3H3. The van der Waals surface area contributed by atoms with Crippen molar-refractivity contribution in [3.05, 3.63) is 34.9 Å². The molecule has 0 bridgehead atoms. The maximum absolute atomic E-state index is 3.61. The molecule has 0 radical (unpaired) electrons. The van der Waals surface area contributed by atoms with Crippen LogP contribution in [0.5, 0.6) is 0 Å². The third kappa shape index (κ3) is 2.45. The van der Waals surface area contributed by atoms with Crippen LogP contribution in [0.2, 0.25) is 0 Å². The summed E-state index contributed by atoms with van der Waals surface area (Å²) in [5.74, 6) is 0. The molecule has 0 saturated carbocycles. The highest BCUT2D eigenvalue weighted by Gasteiger charge is 2.20. The SMILES string of the molecule is Cc1cccc2c1C(CNC(C)C)NCC2. The molecule has 0 amide bonds. The summed E-state index contributed by atoms with van der Waals surface area (Å²) in [5, 5.41) is 7.13. The van der Waals surface area contributed by atoms with Crippen molar-refractivity contribution in [3.8, 4) is 0 Å². The van der Waals surface area contributed by atoms with E-state index in [-0.39, 0.29) is 0 Å². The van der Waals surface area contributed by atoms with E-state index >= 15 is 0 Å². The number of hydrogen-bond acceptors (Lipinski definition) is 2. The molecule has 1 aliphatic heterocycles. The molecule has 1 aromatic carbocycles. The summed E-state index contributed by atoms with van der Waals surface area (Å²) in [5.41, 5.74) is 4.46. The Balaban J connectivity index is 2.18. The van der Waals surface area contributed by atoms with Crippen molar-refractivity contribution in [2.45, 2.75) is 39.3 Å². The van der Waals surface area contributed by atoms with Crippen molar-refractivity contribution in [2.75, 3.05) is 13.1 Å². The molecule has 2 heteroatoms. The highest BCUT2D eigenvalue weighted by atomic mass is 15.0. The maximum atomic E-state index is 3.61. The Hall–Kier alpha value is -0.860. The first-order chi connectivity index (χ1) is 7.68. The molecular formula is C14H22N2. The molecule has 88 valence electrons. The number of hydrogen-bond donors (Lipinski definition) is 2. The Kier molecular flexibility index (Phi) is 3.62. The third-order valence-electron chi connectivity index (χ3n) is 3.28. The fourth-order valence-corrected chi connectivity index (χ4v) is 2.47. The van der Waals surface area contributed by atoms with Gasteiger partial charge in [0.1, 0.15) is 0 Å². The Morgan fingerprint density at radius 3 is 3.00 bits per heavy atom. The van der Waals surface area contributed by atoms with Crippen LogP contribution in [0, 0.1) is 6.92 Å². The van der Waals surface area contributed by atoms with Crippen molar-refractivity contribution in [1.82, 2.24) is 10.6 Å². The van der Waals surface area contributed by atoms with E-state index < -0.39 is 0 Å². The van der Waals surface area contributed by atoms with Crippen LogP contribution in [-0.4, -0.2) is 19.1 Å². The molecular weight excluding hydrogens is 196 g/mol. The average Bonchev–Trinajstić information content (AvgIpc) is 2.26. The van der Waals surface area contributed by atoms with Crippen LogP contribution in [0.3, 0.4) is 0 Å². The zero-order valence-corrected chi connectivity index (χ0v) is 10.5. The summed E-state index contributed by atoms with van der Waals surface area (Å²) in [4.78, 5) is 0. The summed E-state index contributed by atoms with van der Waals surface area (Å²) in [7, 11) is 0. The number of aryl methyl sites for hydroxylation is 1. The number of rotatable bonds is 3. The van der Waals surface area contributed by atoms with E-state index in [0.29, 0.717) is 12.1 Å². The van der Waals surface area contributed by atoms with E-state index in [9.17, 15) is 0 Å². The second-order valence-electron chi connectivity index (χ2n) is 4.97. The normalized spacial score (nSPS) is 19.9. The summed E-state index contributed by atoms with van der Waals surface area (Å²) >= 11 is 0. The first-order valence-corrected chi connectivity index (χ1v) is 6.23. The maximum Gasteiger partial charge on any atom is 0.0452 e. The van der Waals surface area contributed by atoms with Gasteiger partial charge in [0.25, 0.3) is 0 Å².